The van der Waals surface area contributed by atoms with Crippen molar-refractivity contribution in [2.45, 2.75) is 0 Å². The Labute approximate surface area is 350 Å². The van der Waals surface area contributed by atoms with Crippen LogP contribution >= 0.6 is 0 Å². The molecule has 1 aromatic heterocycles. The lowest BCUT2D eigenvalue weighted by atomic mass is 9.90. The monoisotopic (exact) mass is 764 g/mol. The lowest BCUT2D eigenvalue weighted by Gasteiger charge is -2.30. The van der Waals surface area contributed by atoms with E-state index in [2.05, 4.69) is 252 Å². The molecule has 282 valence electrons. The first-order valence-corrected chi connectivity index (χ1v) is 20.6. The summed E-state index contributed by atoms with van der Waals surface area (Å²) in [4.78, 5) is 2.46. The first kappa shape index (κ1) is 35.2. The smallest absolute Gasteiger partial charge is 0.0547 e. The third kappa shape index (κ3) is 6.14. The molecule has 0 amide bonds. The minimum absolute atomic E-state index is 1.08. The van der Waals surface area contributed by atoms with Crippen LogP contribution in [0.15, 0.2) is 243 Å². The van der Waals surface area contributed by atoms with Gasteiger partial charge in [0.25, 0.3) is 0 Å². The lowest BCUT2D eigenvalue weighted by molar-refractivity contribution is 1.18. The molecule has 0 radical (unpaired) electrons. The van der Waals surface area contributed by atoms with Gasteiger partial charge in [0.15, 0.2) is 0 Å². The molecule has 0 saturated heterocycles. The third-order valence-corrected chi connectivity index (χ3v) is 11.8. The first-order valence-electron chi connectivity index (χ1n) is 20.6. The van der Waals surface area contributed by atoms with Crippen LogP contribution < -0.4 is 4.90 Å². The van der Waals surface area contributed by atoms with E-state index in [1.807, 2.05) is 0 Å². The minimum Gasteiger partial charge on any atom is -0.309 e. The van der Waals surface area contributed by atoms with Gasteiger partial charge < -0.3 is 9.47 Å². The summed E-state index contributed by atoms with van der Waals surface area (Å²) in [5, 5.41) is 4.94. The summed E-state index contributed by atoms with van der Waals surface area (Å²) in [5.41, 5.74) is 16.3. The van der Waals surface area contributed by atoms with Crippen LogP contribution in [0.4, 0.5) is 17.1 Å². The van der Waals surface area contributed by atoms with Crippen molar-refractivity contribution < 1.29 is 0 Å². The summed E-state index contributed by atoms with van der Waals surface area (Å²) in [7, 11) is 0. The second-order valence-corrected chi connectivity index (χ2v) is 15.3. The zero-order valence-electron chi connectivity index (χ0n) is 33.0. The molecular formula is C58H40N2. The topological polar surface area (TPSA) is 8.17 Å². The maximum absolute atomic E-state index is 2.46. The maximum Gasteiger partial charge on any atom is 0.0547 e. The van der Waals surface area contributed by atoms with Crippen LogP contribution in [0.3, 0.4) is 0 Å². The number of hydrogen-bond donors (Lipinski definition) is 0. The van der Waals surface area contributed by atoms with E-state index < -0.39 is 0 Å². The Morgan fingerprint density at radius 1 is 0.300 bits per heavy atom. The van der Waals surface area contributed by atoms with Crippen molar-refractivity contribution in [3.05, 3.63) is 243 Å². The predicted molar refractivity (Wildman–Crippen MR) is 255 cm³/mol. The molecule has 1 heterocycles. The summed E-state index contributed by atoms with van der Waals surface area (Å²) in [6.07, 6.45) is 0. The molecule has 0 N–H and O–H groups in total. The van der Waals surface area contributed by atoms with Crippen molar-refractivity contribution in [1.29, 1.82) is 0 Å². The highest BCUT2D eigenvalue weighted by Crippen LogP contribution is 2.48. The van der Waals surface area contributed by atoms with E-state index in [-0.39, 0.29) is 0 Å². The van der Waals surface area contributed by atoms with Crippen LogP contribution in [0.5, 0.6) is 0 Å². The van der Waals surface area contributed by atoms with E-state index in [0.717, 1.165) is 39.4 Å². The minimum atomic E-state index is 1.08. The van der Waals surface area contributed by atoms with E-state index in [0.29, 0.717) is 0 Å². The highest BCUT2D eigenvalue weighted by Gasteiger charge is 2.23. The lowest BCUT2D eigenvalue weighted by Crippen LogP contribution is -2.12. The summed E-state index contributed by atoms with van der Waals surface area (Å²) in [6, 6.07) is 87.9. The van der Waals surface area contributed by atoms with E-state index >= 15 is 0 Å². The summed E-state index contributed by atoms with van der Waals surface area (Å²) in [6.45, 7) is 0. The van der Waals surface area contributed by atoms with Gasteiger partial charge in [-0.25, -0.2) is 0 Å². The number of hydrogen-bond acceptors (Lipinski definition) is 1. The van der Waals surface area contributed by atoms with Crippen LogP contribution in [0.1, 0.15) is 0 Å². The molecule has 2 nitrogen and oxygen atoms in total. The molecular weight excluding hydrogens is 725 g/mol. The molecule has 0 unspecified atom stereocenters. The quantitative estimate of drug-likeness (QED) is 0.150. The fourth-order valence-corrected chi connectivity index (χ4v) is 9.07. The number of fused-ring (bicyclic) bond motifs is 4. The number of aromatic nitrogens is 1. The molecule has 0 aliphatic heterocycles. The largest absolute Gasteiger partial charge is 0.309 e. The summed E-state index contributed by atoms with van der Waals surface area (Å²) >= 11 is 0. The van der Waals surface area contributed by atoms with Gasteiger partial charge in [0.1, 0.15) is 0 Å². The van der Waals surface area contributed by atoms with E-state index in [1.54, 1.807) is 0 Å². The Balaban J connectivity index is 1.15. The number of benzene rings is 10. The zero-order chi connectivity index (χ0) is 39.8. The van der Waals surface area contributed by atoms with E-state index in [9.17, 15) is 0 Å². The number of anilines is 3. The first-order chi connectivity index (χ1) is 29.8. The molecule has 0 aliphatic carbocycles. The van der Waals surface area contributed by atoms with Gasteiger partial charge in [-0.1, -0.05) is 194 Å². The molecule has 0 aliphatic rings. The van der Waals surface area contributed by atoms with Crippen LogP contribution in [-0.2, 0) is 0 Å². The van der Waals surface area contributed by atoms with Gasteiger partial charge in [-0.3, -0.25) is 0 Å². The molecule has 60 heavy (non-hydrogen) atoms. The van der Waals surface area contributed by atoms with Gasteiger partial charge in [0, 0.05) is 33.3 Å². The standard InChI is InChI=1S/C58H40N2/c1-4-18-41(19-5-1)42-34-37-47(38-35-42)59(56-33-15-12-28-51(56)53-30-17-23-44-22-16-29-49(58(44)53)43-20-6-2-7-21-43)54-31-13-10-26-48(54)45-36-39-52-50-27-11-14-32-55(50)60(57(52)40-45)46-24-8-3-9-25-46/h1-40H. The Bertz CT molecular complexity index is 3290. The van der Waals surface area contributed by atoms with Crippen molar-refractivity contribution in [3.63, 3.8) is 0 Å². The van der Waals surface area contributed by atoms with Crippen molar-refractivity contribution in [3.8, 4) is 50.2 Å². The van der Waals surface area contributed by atoms with Gasteiger partial charge in [-0.15, -0.1) is 0 Å². The van der Waals surface area contributed by atoms with Gasteiger partial charge in [-0.05, 0) is 92.7 Å². The molecule has 0 fully saturated rings. The Morgan fingerprint density at radius 2 is 0.817 bits per heavy atom. The molecule has 0 atom stereocenters. The Hall–Kier alpha value is -7.94. The maximum atomic E-state index is 2.46. The van der Waals surface area contributed by atoms with Gasteiger partial charge in [-0.2, -0.15) is 0 Å². The third-order valence-electron chi connectivity index (χ3n) is 11.8. The predicted octanol–water partition coefficient (Wildman–Crippen LogP) is 16.1. The van der Waals surface area contributed by atoms with E-state index in [4.69, 9.17) is 0 Å². The van der Waals surface area contributed by atoms with Crippen molar-refractivity contribution in [1.82, 2.24) is 4.57 Å². The summed E-state index contributed by atoms with van der Waals surface area (Å²) < 4.78 is 2.40. The van der Waals surface area contributed by atoms with Crippen LogP contribution in [0.2, 0.25) is 0 Å². The second kappa shape index (κ2) is 15.1. The number of nitrogens with zero attached hydrogens (tertiary/aromatic N) is 2. The molecule has 10 aromatic carbocycles. The molecule has 2 heteroatoms. The van der Waals surface area contributed by atoms with Crippen LogP contribution in [0.25, 0.3) is 82.8 Å². The fourth-order valence-electron chi connectivity index (χ4n) is 9.07. The Kier molecular flexibility index (Phi) is 8.87. The Morgan fingerprint density at radius 3 is 1.55 bits per heavy atom. The molecule has 11 rings (SSSR count). The van der Waals surface area contributed by atoms with Crippen molar-refractivity contribution in [2.24, 2.45) is 0 Å². The molecule has 11 aromatic rings. The normalized spacial score (nSPS) is 11.3. The van der Waals surface area contributed by atoms with Crippen molar-refractivity contribution >= 4 is 49.6 Å². The van der Waals surface area contributed by atoms with Crippen LogP contribution in [-0.4, -0.2) is 4.57 Å². The fraction of sp³-hybridized carbons (Fsp3) is 0. The van der Waals surface area contributed by atoms with Gasteiger partial charge in [0.2, 0.25) is 0 Å². The highest BCUT2D eigenvalue weighted by atomic mass is 15.1. The molecule has 0 spiro atoms. The molecule has 0 saturated carbocycles. The van der Waals surface area contributed by atoms with Gasteiger partial charge >= 0.3 is 0 Å². The number of para-hydroxylation sites is 4. The van der Waals surface area contributed by atoms with E-state index in [1.165, 1.54) is 60.4 Å². The zero-order valence-corrected chi connectivity index (χ0v) is 33.0. The highest BCUT2D eigenvalue weighted by molar-refractivity contribution is 6.11. The second-order valence-electron chi connectivity index (χ2n) is 15.3. The van der Waals surface area contributed by atoms with Gasteiger partial charge in [0.05, 0.1) is 22.4 Å². The van der Waals surface area contributed by atoms with Crippen LogP contribution in [0, 0.1) is 0 Å². The summed E-state index contributed by atoms with van der Waals surface area (Å²) in [5.74, 6) is 0. The average molecular weight is 765 g/mol. The van der Waals surface area contributed by atoms with Crippen molar-refractivity contribution in [2.75, 3.05) is 4.90 Å². The number of rotatable bonds is 8. The SMILES string of the molecule is c1ccc(-c2ccc(N(c3ccccc3-c3ccc4c5ccccc5n(-c5ccccc5)c4c3)c3ccccc3-c3cccc4cccc(-c5ccccc5)c34)cc2)cc1. The average Bonchev–Trinajstić information content (AvgIpc) is 3.66. The molecule has 0 bridgehead atoms.